The highest BCUT2D eigenvalue weighted by Crippen LogP contribution is 2.69. The van der Waals surface area contributed by atoms with E-state index in [2.05, 4.69) is 60.1 Å². The lowest BCUT2D eigenvalue weighted by atomic mass is 9.43. The van der Waals surface area contributed by atoms with E-state index in [1.807, 2.05) is 0 Å². The molecule has 0 bridgehead atoms. The Kier molecular flexibility index (Phi) is 8.08. The van der Waals surface area contributed by atoms with Gasteiger partial charge < -0.3 is 13.6 Å². The Hall–Kier alpha value is -0.176. The molecule has 0 N–H and O–H groups in total. The van der Waals surface area contributed by atoms with Gasteiger partial charge in [0.15, 0.2) is 16.6 Å². The van der Waals surface area contributed by atoms with Gasteiger partial charge in [0, 0.05) is 18.6 Å². The summed E-state index contributed by atoms with van der Waals surface area (Å²) in [5.74, 6) is 3.82. The molecule has 208 valence electrons. The van der Waals surface area contributed by atoms with Crippen molar-refractivity contribution >= 4 is 22.6 Å². The fraction of sp³-hybridized carbons (Fsp3) is 0.967. The van der Waals surface area contributed by atoms with Crippen molar-refractivity contribution in [2.45, 2.75) is 130 Å². The zero-order valence-electron chi connectivity index (χ0n) is 25.1. The molecule has 4 fully saturated rings. The van der Waals surface area contributed by atoms with E-state index in [0.29, 0.717) is 47.2 Å². The normalized spacial score (nSPS) is 43.8. The van der Waals surface area contributed by atoms with Crippen LogP contribution in [0.3, 0.4) is 0 Å². The molecule has 4 rings (SSSR count). The number of rotatable bonds is 7. The second-order valence-electron chi connectivity index (χ2n) is 15.6. The van der Waals surface area contributed by atoms with Crippen LogP contribution >= 0.6 is 0 Å². The number of ether oxygens (including phenoxy) is 1. The van der Waals surface area contributed by atoms with E-state index in [0.717, 1.165) is 17.8 Å². The molecule has 0 amide bonds. The Bertz CT molecular complexity index is 804. The van der Waals surface area contributed by atoms with E-state index >= 15 is 0 Å². The highest BCUT2D eigenvalue weighted by atomic mass is 28.4. The van der Waals surface area contributed by atoms with E-state index in [1.165, 1.54) is 58.5 Å². The summed E-state index contributed by atoms with van der Waals surface area (Å²) < 4.78 is 18.9. The SMILES string of the molecule is COC(=O)C[C@@H](C)C1CCC2C3C(CC[C@@]21C)[C@@]1(C)CC[C@@H](O[Si](C)(C)C)CC1C[C@@H]3O[Si](C)(C)C. The van der Waals surface area contributed by atoms with E-state index < -0.39 is 16.6 Å². The molecule has 0 aromatic carbocycles. The number of fused-ring (bicyclic) bond motifs is 5. The predicted octanol–water partition coefficient (Wildman–Crippen LogP) is 7.89. The molecule has 4 aliphatic carbocycles. The first-order valence-electron chi connectivity index (χ1n) is 15.0. The van der Waals surface area contributed by atoms with Crippen LogP contribution in [0.1, 0.15) is 78.6 Å². The topological polar surface area (TPSA) is 44.8 Å². The molecular formula is C30H56O4Si2. The number of methoxy groups -OCH3 is 1. The highest BCUT2D eigenvalue weighted by molar-refractivity contribution is 6.70. The molecule has 5 unspecified atom stereocenters. The van der Waals surface area contributed by atoms with Gasteiger partial charge in [0.25, 0.3) is 0 Å². The van der Waals surface area contributed by atoms with Crippen molar-refractivity contribution in [1.82, 2.24) is 0 Å². The zero-order valence-corrected chi connectivity index (χ0v) is 27.1. The van der Waals surface area contributed by atoms with E-state index in [9.17, 15) is 4.79 Å². The molecule has 0 radical (unpaired) electrons. The summed E-state index contributed by atoms with van der Waals surface area (Å²) in [5.41, 5.74) is 0.733. The van der Waals surface area contributed by atoms with Gasteiger partial charge in [-0.1, -0.05) is 20.8 Å². The Labute approximate surface area is 224 Å². The lowest BCUT2D eigenvalue weighted by molar-refractivity contribution is -0.169. The molecule has 4 aliphatic rings. The minimum Gasteiger partial charge on any atom is -0.469 e. The predicted molar refractivity (Wildman–Crippen MR) is 153 cm³/mol. The summed E-state index contributed by atoms with van der Waals surface area (Å²) in [6.45, 7) is 21.7. The van der Waals surface area contributed by atoms with E-state index in [-0.39, 0.29) is 5.97 Å². The molecule has 6 heteroatoms. The second kappa shape index (κ2) is 10.1. The van der Waals surface area contributed by atoms with Crippen LogP contribution in [-0.2, 0) is 18.4 Å². The van der Waals surface area contributed by atoms with E-state index in [4.69, 9.17) is 13.6 Å². The van der Waals surface area contributed by atoms with Crippen LogP contribution in [0.25, 0.3) is 0 Å². The minimum absolute atomic E-state index is 0.0477. The molecule has 0 spiro atoms. The quantitative estimate of drug-likeness (QED) is 0.245. The maximum Gasteiger partial charge on any atom is 0.305 e. The summed E-state index contributed by atoms with van der Waals surface area (Å²) in [6.07, 6.45) is 11.6. The fourth-order valence-electron chi connectivity index (χ4n) is 9.81. The molecule has 10 atom stereocenters. The Balaban J connectivity index is 1.61. The van der Waals surface area contributed by atoms with Crippen molar-refractivity contribution in [3.8, 4) is 0 Å². The molecule has 0 heterocycles. The molecule has 0 aliphatic heterocycles. The van der Waals surface area contributed by atoms with Gasteiger partial charge in [-0.15, -0.1) is 0 Å². The first kappa shape index (κ1) is 28.8. The maximum absolute atomic E-state index is 12.1. The van der Waals surface area contributed by atoms with Gasteiger partial charge in [0.1, 0.15) is 0 Å². The summed E-state index contributed by atoms with van der Waals surface area (Å²) >= 11 is 0. The van der Waals surface area contributed by atoms with Gasteiger partial charge in [0.05, 0.1) is 7.11 Å². The van der Waals surface area contributed by atoms with Crippen molar-refractivity contribution in [2.24, 2.45) is 46.3 Å². The Morgan fingerprint density at radius 2 is 1.47 bits per heavy atom. The van der Waals surface area contributed by atoms with Gasteiger partial charge >= 0.3 is 5.97 Å². The van der Waals surface area contributed by atoms with Gasteiger partial charge in [-0.2, -0.15) is 0 Å². The first-order chi connectivity index (χ1) is 16.6. The lowest BCUT2D eigenvalue weighted by Gasteiger charge is -2.64. The van der Waals surface area contributed by atoms with Crippen LogP contribution in [0.4, 0.5) is 0 Å². The van der Waals surface area contributed by atoms with Gasteiger partial charge in [-0.3, -0.25) is 4.79 Å². The van der Waals surface area contributed by atoms with Crippen LogP contribution < -0.4 is 0 Å². The second-order valence-corrected chi connectivity index (χ2v) is 24.5. The van der Waals surface area contributed by atoms with Crippen molar-refractivity contribution in [3.63, 3.8) is 0 Å². The number of hydrogen-bond acceptors (Lipinski definition) is 4. The van der Waals surface area contributed by atoms with Crippen LogP contribution in [0.5, 0.6) is 0 Å². The molecular weight excluding hydrogens is 480 g/mol. The minimum atomic E-state index is -1.68. The number of esters is 1. The molecule has 0 aromatic heterocycles. The number of carbonyl (C=O) groups excluding carboxylic acids is 1. The Morgan fingerprint density at radius 1 is 0.861 bits per heavy atom. The van der Waals surface area contributed by atoms with Crippen molar-refractivity contribution in [3.05, 3.63) is 0 Å². The molecule has 36 heavy (non-hydrogen) atoms. The molecule has 0 aromatic rings. The average molecular weight is 537 g/mol. The molecule has 4 saturated carbocycles. The third-order valence-corrected chi connectivity index (χ3v) is 13.2. The van der Waals surface area contributed by atoms with Crippen LogP contribution in [0.15, 0.2) is 0 Å². The third-order valence-electron chi connectivity index (χ3n) is 11.1. The van der Waals surface area contributed by atoms with Crippen molar-refractivity contribution in [1.29, 1.82) is 0 Å². The van der Waals surface area contributed by atoms with Gasteiger partial charge in [-0.05, 0) is 137 Å². The zero-order chi connectivity index (χ0) is 26.7. The first-order valence-corrected chi connectivity index (χ1v) is 21.8. The van der Waals surface area contributed by atoms with Crippen LogP contribution in [0.2, 0.25) is 39.3 Å². The summed E-state index contributed by atoms with van der Waals surface area (Å²) in [6, 6.07) is 0. The average Bonchev–Trinajstić information content (AvgIpc) is 3.09. The number of carbonyl (C=O) groups is 1. The number of hydrogen-bond donors (Lipinski definition) is 0. The lowest BCUT2D eigenvalue weighted by Crippen LogP contribution is -2.60. The standard InChI is InChI=1S/C30H56O4Si2/c1-20(17-27(31)32-4)23-11-12-24-28-25(14-16-30(23,24)3)29(2)15-13-22(33-35(5,6)7)18-21(29)19-26(28)34-36(8,9)10/h20-26,28H,11-19H2,1-10H3/t20-,21?,22-,23?,24?,25?,26+,28?,29+,30-/m1/s1. The van der Waals surface area contributed by atoms with Crippen molar-refractivity contribution in [2.75, 3.05) is 7.11 Å². The summed E-state index contributed by atoms with van der Waals surface area (Å²) in [5, 5.41) is 0. The summed E-state index contributed by atoms with van der Waals surface area (Å²) in [4.78, 5) is 12.1. The van der Waals surface area contributed by atoms with Gasteiger partial charge in [-0.25, -0.2) is 0 Å². The maximum atomic E-state index is 12.1. The van der Waals surface area contributed by atoms with Crippen LogP contribution in [-0.4, -0.2) is 41.9 Å². The van der Waals surface area contributed by atoms with Crippen molar-refractivity contribution < 1.29 is 18.4 Å². The van der Waals surface area contributed by atoms with E-state index in [1.54, 1.807) is 0 Å². The fourth-order valence-corrected chi connectivity index (χ4v) is 12.2. The van der Waals surface area contributed by atoms with Gasteiger partial charge in [0.2, 0.25) is 0 Å². The van der Waals surface area contributed by atoms with Crippen LogP contribution in [0, 0.1) is 46.3 Å². The third kappa shape index (κ3) is 5.58. The Morgan fingerprint density at radius 3 is 2.08 bits per heavy atom. The largest absolute Gasteiger partial charge is 0.469 e. The monoisotopic (exact) mass is 536 g/mol. The molecule has 4 nitrogen and oxygen atoms in total. The molecule has 0 saturated heterocycles. The summed E-state index contributed by atoms with van der Waals surface area (Å²) in [7, 11) is -1.68. The smallest absolute Gasteiger partial charge is 0.305 e. The highest BCUT2D eigenvalue weighted by Gasteiger charge is 2.63.